The standard InChI is InChI=1S/C17H20ClFN2/c1-17(2,13-3-5-14(18)6-4-13)11-21-16-8-7-15(20)9-12(16)10-19/h3-9,21H,10-11,20H2,1-2H3. The number of nitrogens with one attached hydrogen (secondary N) is 1. The average Bonchev–Trinajstić information content (AvgIpc) is 2.46. The van der Waals surface area contributed by atoms with Gasteiger partial charge in [0.2, 0.25) is 0 Å². The van der Waals surface area contributed by atoms with Gasteiger partial charge >= 0.3 is 0 Å². The Morgan fingerprint density at radius 2 is 1.81 bits per heavy atom. The third-order valence-electron chi connectivity index (χ3n) is 3.62. The number of benzene rings is 2. The van der Waals surface area contributed by atoms with Gasteiger partial charge in [-0.05, 0) is 35.9 Å². The zero-order valence-electron chi connectivity index (χ0n) is 12.3. The highest BCUT2D eigenvalue weighted by Gasteiger charge is 2.20. The predicted molar refractivity (Wildman–Crippen MR) is 88.6 cm³/mol. The minimum absolute atomic E-state index is 0.0977. The highest BCUT2D eigenvalue weighted by Crippen LogP contribution is 2.27. The van der Waals surface area contributed by atoms with Crippen molar-refractivity contribution in [2.75, 3.05) is 17.6 Å². The lowest BCUT2D eigenvalue weighted by Crippen LogP contribution is -2.27. The molecular formula is C17H20ClFN2. The van der Waals surface area contributed by atoms with Crippen molar-refractivity contribution in [1.29, 1.82) is 0 Å². The van der Waals surface area contributed by atoms with E-state index < -0.39 is 6.67 Å². The van der Waals surface area contributed by atoms with Gasteiger partial charge in [0.05, 0.1) is 0 Å². The molecule has 0 radical (unpaired) electrons. The summed E-state index contributed by atoms with van der Waals surface area (Å²) in [6.07, 6.45) is 0. The topological polar surface area (TPSA) is 38.0 Å². The molecule has 0 aromatic heterocycles. The van der Waals surface area contributed by atoms with Gasteiger partial charge < -0.3 is 11.1 Å². The fraction of sp³-hybridized carbons (Fsp3) is 0.294. The Morgan fingerprint density at radius 3 is 2.43 bits per heavy atom. The Bertz CT molecular complexity index is 609. The molecule has 3 N–H and O–H groups in total. The number of rotatable bonds is 5. The molecule has 0 aliphatic rings. The van der Waals surface area contributed by atoms with Crippen molar-refractivity contribution in [3.8, 4) is 0 Å². The van der Waals surface area contributed by atoms with E-state index in [0.717, 1.165) is 10.7 Å². The molecule has 0 fully saturated rings. The molecule has 0 atom stereocenters. The summed E-state index contributed by atoms with van der Waals surface area (Å²) in [5, 5.41) is 4.04. The Balaban J connectivity index is 2.13. The second kappa shape index (κ2) is 6.35. The second-order valence-corrected chi connectivity index (χ2v) is 6.23. The van der Waals surface area contributed by atoms with Crippen LogP contribution in [0.2, 0.25) is 5.02 Å². The number of alkyl halides is 1. The molecule has 0 aliphatic heterocycles. The van der Waals surface area contributed by atoms with E-state index in [1.807, 2.05) is 30.3 Å². The molecule has 0 saturated heterocycles. The van der Waals surface area contributed by atoms with Crippen molar-refractivity contribution in [1.82, 2.24) is 0 Å². The maximum Gasteiger partial charge on any atom is 0.117 e. The van der Waals surface area contributed by atoms with Gasteiger partial charge in [0.1, 0.15) is 6.67 Å². The van der Waals surface area contributed by atoms with Crippen LogP contribution < -0.4 is 11.1 Å². The first-order valence-electron chi connectivity index (χ1n) is 6.86. The van der Waals surface area contributed by atoms with Crippen LogP contribution in [0.25, 0.3) is 0 Å². The summed E-state index contributed by atoms with van der Waals surface area (Å²) in [7, 11) is 0. The molecule has 0 amide bonds. The van der Waals surface area contributed by atoms with Crippen LogP contribution in [0.3, 0.4) is 0 Å². The van der Waals surface area contributed by atoms with E-state index in [-0.39, 0.29) is 5.41 Å². The van der Waals surface area contributed by atoms with Crippen molar-refractivity contribution in [2.24, 2.45) is 0 Å². The molecule has 112 valence electrons. The summed E-state index contributed by atoms with van der Waals surface area (Å²) in [5.41, 5.74) is 8.71. The van der Waals surface area contributed by atoms with Crippen LogP contribution >= 0.6 is 11.6 Å². The number of hydrogen-bond acceptors (Lipinski definition) is 2. The monoisotopic (exact) mass is 306 g/mol. The Hall–Kier alpha value is -1.74. The first-order valence-corrected chi connectivity index (χ1v) is 7.24. The van der Waals surface area contributed by atoms with Gasteiger partial charge in [-0.3, -0.25) is 0 Å². The van der Waals surface area contributed by atoms with Gasteiger partial charge in [-0.25, -0.2) is 4.39 Å². The van der Waals surface area contributed by atoms with Crippen LogP contribution in [-0.2, 0) is 12.1 Å². The molecule has 2 rings (SSSR count). The summed E-state index contributed by atoms with van der Waals surface area (Å²) in [6.45, 7) is 4.42. The van der Waals surface area contributed by atoms with Gasteiger partial charge in [0, 0.05) is 33.9 Å². The largest absolute Gasteiger partial charge is 0.399 e. The highest BCUT2D eigenvalue weighted by atomic mass is 35.5. The summed E-state index contributed by atoms with van der Waals surface area (Å²) in [6, 6.07) is 13.1. The minimum Gasteiger partial charge on any atom is -0.399 e. The molecule has 0 saturated carbocycles. The second-order valence-electron chi connectivity index (χ2n) is 5.79. The fourth-order valence-corrected chi connectivity index (χ4v) is 2.34. The van der Waals surface area contributed by atoms with Crippen LogP contribution in [0, 0.1) is 0 Å². The lowest BCUT2D eigenvalue weighted by atomic mass is 9.84. The summed E-state index contributed by atoms with van der Waals surface area (Å²) >= 11 is 5.92. The van der Waals surface area contributed by atoms with Gasteiger partial charge in [-0.15, -0.1) is 0 Å². The molecule has 21 heavy (non-hydrogen) atoms. The van der Waals surface area contributed by atoms with Crippen LogP contribution in [0.4, 0.5) is 15.8 Å². The zero-order chi connectivity index (χ0) is 15.5. The van der Waals surface area contributed by atoms with Gasteiger partial charge in [-0.2, -0.15) is 0 Å². The van der Waals surface area contributed by atoms with E-state index in [0.29, 0.717) is 17.8 Å². The number of nitrogen functional groups attached to an aromatic ring is 1. The molecule has 4 heteroatoms. The molecule has 0 bridgehead atoms. The number of halogens is 2. The maximum absolute atomic E-state index is 13.0. The average molecular weight is 307 g/mol. The van der Waals surface area contributed by atoms with Crippen molar-refractivity contribution < 1.29 is 4.39 Å². The van der Waals surface area contributed by atoms with E-state index in [4.69, 9.17) is 17.3 Å². The van der Waals surface area contributed by atoms with E-state index in [2.05, 4.69) is 19.2 Å². The normalized spacial score (nSPS) is 11.4. The lowest BCUT2D eigenvalue weighted by molar-refractivity contribution is 0.485. The predicted octanol–water partition coefficient (Wildman–Crippen LogP) is 4.78. The van der Waals surface area contributed by atoms with Crippen LogP contribution in [-0.4, -0.2) is 6.54 Å². The lowest BCUT2D eigenvalue weighted by Gasteiger charge is -2.27. The number of hydrogen-bond donors (Lipinski definition) is 2. The minimum atomic E-state index is -0.533. The maximum atomic E-state index is 13.0. The molecule has 2 aromatic carbocycles. The van der Waals surface area contributed by atoms with Crippen LogP contribution in [0.15, 0.2) is 42.5 Å². The van der Waals surface area contributed by atoms with Crippen molar-refractivity contribution in [3.05, 3.63) is 58.6 Å². The molecule has 0 spiro atoms. The third kappa shape index (κ3) is 3.88. The summed E-state index contributed by atoms with van der Waals surface area (Å²) in [4.78, 5) is 0. The number of nitrogens with two attached hydrogens (primary N) is 1. The summed E-state index contributed by atoms with van der Waals surface area (Å²) < 4.78 is 13.0. The molecule has 0 aliphatic carbocycles. The van der Waals surface area contributed by atoms with Crippen molar-refractivity contribution in [3.63, 3.8) is 0 Å². The molecular weight excluding hydrogens is 287 g/mol. The fourth-order valence-electron chi connectivity index (χ4n) is 2.22. The molecule has 0 unspecified atom stereocenters. The smallest absolute Gasteiger partial charge is 0.117 e. The highest BCUT2D eigenvalue weighted by molar-refractivity contribution is 6.30. The van der Waals surface area contributed by atoms with Crippen molar-refractivity contribution >= 4 is 23.0 Å². The Kier molecular flexibility index (Phi) is 4.73. The summed E-state index contributed by atoms with van der Waals surface area (Å²) in [5.74, 6) is 0. The zero-order valence-corrected chi connectivity index (χ0v) is 13.0. The van der Waals surface area contributed by atoms with E-state index in [1.54, 1.807) is 12.1 Å². The van der Waals surface area contributed by atoms with Gasteiger partial charge in [0.25, 0.3) is 0 Å². The Labute approximate surface area is 130 Å². The Morgan fingerprint density at radius 1 is 1.14 bits per heavy atom. The molecule has 0 heterocycles. The quantitative estimate of drug-likeness (QED) is 0.780. The van der Waals surface area contributed by atoms with Crippen molar-refractivity contribution in [2.45, 2.75) is 25.9 Å². The van der Waals surface area contributed by atoms with Crippen LogP contribution in [0.5, 0.6) is 0 Å². The third-order valence-corrected chi connectivity index (χ3v) is 3.87. The van der Waals surface area contributed by atoms with E-state index >= 15 is 0 Å². The van der Waals surface area contributed by atoms with Gasteiger partial charge in [-0.1, -0.05) is 37.6 Å². The van der Waals surface area contributed by atoms with E-state index in [1.165, 1.54) is 5.56 Å². The number of anilines is 2. The first kappa shape index (κ1) is 15.6. The molecule has 2 aromatic rings. The SMILES string of the molecule is CC(C)(CNc1ccc(N)cc1CF)c1ccc(Cl)cc1. The van der Waals surface area contributed by atoms with Gasteiger partial charge in [0.15, 0.2) is 0 Å². The molecule has 2 nitrogen and oxygen atoms in total. The first-order chi connectivity index (χ1) is 9.92. The van der Waals surface area contributed by atoms with Crippen LogP contribution in [0.1, 0.15) is 25.0 Å². The van der Waals surface area contributed by atoms with E-state index in [9.17, 15) is 4.39 Å².